The molecule has 0 spiro atoms. The number of furan rings is 1. The Morgan fingerprint density at radius 2 is 1.86 bits per heavy atom. The Kier molecular flexibility index (Phi) is 6.27. The number of hydrogen-bond acceptors (Lipinski definition) is 4. The van der Waals surface area contributed by atoms with Crippen LogP contribution in [-0.4, -0.2) is 43.5 Å². The van der Waals surface area contributed by atoms with E-state index in [0.717, 1.165) is 17.2 Å². The molecule has 1 aromatic carbocycles. The molecule has 1 aliphatic rings. The third kappa shape index (κ3) is 5.05. The standard InChI is InChI=1S/C22H24FN3O2S/c23-20-7-1-2-8-21(20)25-9-11-26(12-10-25)22(27)17-24(15-18-5-3-13-28-18)16-19-6-4-14-29-19/h1-8,13-14H,9-12,15-17H2/p+1. The minimum atomic E-state index is -0.211. The molecule has 0 bridgehead atoms. The topological polar surface area (TPSA) is 41.1 Å². The summed E-state index contributed by atoms with van der Waals surface area (Å²) in [7, 11) is 0. The molecule has 1 aliphatic heterocycles. The number of carbonyl (C=O) groups excluding carboxylic acids is 1. The molecule has 0 saturated carbocycles. The number of hydrogen-bond donors (Lipinski definition) is 1. The van der Waals surface area contributed by atoms with E-state index in [4.69, 9.17) is 4.42 Å². The summed E-state index contributed by atoms with van der Waals surface area (Å²) < 4.78 is 19.5. The number of carbonyl (C=O) groups is 1. The smallest absolute Gasteiger partial charge is 0.277 e. The molecule has 2 aromatic heterocycles. The fourth-order valence-corrected chi connectivity index (χ4v) is 4.51. The van der Waals surface area contributed by atoms with E-state index in [2.05, 4.69) is 11.4 Å². The lowest BCUT2D eigenvalue weighted by atomic mass is 10.2. The van der Waals surface area contributed by atoms with Gasteiger partial charge in [0.2, 0.25) is 0 Å². The third-order valence-electron chi connectivity index (χ3n) is 5.24. The van der Waals surface area contributed by atoms with Crippen LogP contribution in [0.3, 0.4) is 0 Å². The van der Waals surface area contributed by atoms with Crippen LogP contribution in [0.15, 0.2) is 64.6 Å². The zero-order valence-electron chi connectivity index (χ0n) is 16.2. The highest BCUT2D eigenvalue weighted by Gasteiger charge is 2.26. The monoisotopic (exact) mass is 414 g/mol. The maximum atomic E-state index is 14.0. The number of nitrogens with zero attached hydrogens (tertiary/aromatic N) is 2. The highest BCUT2D eigenvalue weighted by molar-refractivity contribution is 7.09. The van der Waals surface area contributed by atoms with Crippen molar-refractivity contribution in [3.63, 3.8) is 0 Å². The van der Waals surface area contributed by atoms with Crippen LogP contribution in [0.5, 0.6) is 0 Å². The number of piperazine rings is 1. The fourth-order valence-electron chi connectivity index (χ4n) is 3.74. The average molecular weight is 415 g/mol. The summed E-state index contributed by atoms with van der Waals surface area (Å²) in [5.41, 5.74) is 0.613. The van der Waals surface area contributed by atoms with Gasteiger partial charge in [0.25, 0.3) is 5.91 Å². The molecule has 1 amide bonds. The first-order chi connectivity index (χ1) is 14.2. The average Bonchev–Trinajstić information content (AvgIpc) is 3.43. The zero-order chi connectivity index (χ0) is 20.1. The number of rotatable bonds is 7. The molecule has 29 heavy (non-hydrogen) atoms. The van der Waals surface area contributed by atoms with Crippen LogP contribution in [0.4, 0.5) is 10.1 Å². The van der Waals surface area contributed by atoms with E-state index in [-0.39, 0.29) is 11.7 Å². The van der Waals surface area contributed by atoms with Crippen LogP contribution in [0.1, 0.15) is 10.6 Å². The molecule has 1 fully saturated rings. The minimum absolute atomic E-state index is 0.135. The van der Waals surface area contributed by atoms with E-state index in [0.29, 0.717) is 45.0 Å². The minimum Gasteiger partial charge on any atom is -0.463 e. The summed E-state index contributed by atoms with van der Waals surface area (Å²) in [4.78, 5) is 19.3. The predicted octanol–water partition coefficient (Wildman–Crippen LogP) is 2.41. The van der Waals surface area contributed by atoms with Crippen LogP contribution in [-0.2, 0) is 17.9 Å². The van der Waals surface area contributed by atoms with Gasteiger partial charge in [0.1, 0.15) is 18.9 Å². The molecule has 1 saturated heterocycles. The van der Waals surface area contributed by atoms with E-state index >= 15 is 0 Å². The number of thiophene rings is 1. The maximum absolute atomic E-state index is 14.0. The molecule has 152 valence electrons. The molecule has 3 heterocycles. The molecular formula is C22H25FN3O2S+. The molecule has 7 heteroatoms. The van der Waals surface area contributed by atoms with Crippen molar-refractivity contribution >= 4 is 22.9 Å². The summed E-state index contributed by atoms with van der Waals surface area (Å²) in [5.74, 6) is 0.808. The maximum Gasteiger partial charge on any atom is 0.277 e. The van der Waals surface area contributed by atoms with Crippen molar-refractivity contribution in [3.05, 3.63) is 76.6 Å². The molecule has 0 radical (unpaired) electrons. The van der Waals surface area contributed by atoms with Crippen molar-refractivity contribution < 1.29 is 18.5 Å². The Morgan fingerprint density at radius 3 is 2.55 bits per heavy atom. The number of halogens is 1. The Labute approximate surface area is 174 Å². The lowest BCUT2D eigenvalue weighted by Gasteiger charge is -2.36. The third-order valence-corrected chi connectivity index (χ3v) is 6.11. The largest absolute Gasteiger partial charge is 0.463 e. The summed E-state index contributed by atoms with van der Waals surface area (Å²) >= 11 is 1.71. The van der Waals surface area contributed by atoms with Gasteiger partial charge in [-0.05, 0) is 35.7 Å². The van der Waals surface area contributed by atoms with Gasteiger partial charge >= 0.3 is 0 Å². The highest BCUT2D eigenvalue weighted by Crippen LogP contribution is 2.20. The van der Waals surface area contributed by atoms with Gasteiger partial charge in [-0.2, -0.15) is 0 Å². The second kappa shape index (κ2) is 9.24. The summed E-state index contributed by atoms with van der Waals surface area (Å²) in [6, 6.07) is 14.8. The van der Waals surface area contributed by atoms with Crippen molar-refractivity contribution in [1.82, 2.24) is 4.90 Å². The molecule has 5 nitrogen and oxygen atoms in total. The predicted molar refractivity (Wildman–Crippen MR) is 111 cm³/mol. The van der Waals surface area contributed by atoms with Crippen molar-refractivity contribution in [1.29, 1.82) is 0 Å². The van der Waals surface area contributed by atoms with Crippen LogP contribution >= 0.6 is 11.3 Å². The van der Waals surface area contributed by atoms with Gasteiger partial charge in [-0.25, -0.2) is 4.39 Å². The number of para-hydroxylation sites is 1. The van der Waals surface area contributed by atoms with Gasteiger partial charge < -0.3 is 19.1 Å². The summed E-state index contributed by atoms with van der Waals surface area (Å²) in [5, 5.41) is 2.06. The van der Waals surface area contributed by atoms with Crippen molar-refractivity contribution in [2.45, 2.75) is 13.1 Å². The van der Waals surface area contributed by atoms with Gasteiger partial charge in [0.15, 0.2) is 12.3 Å². The van der Waals surface area contributed by atoms with E-state index in [1.165, 1.54) is 10.9 Å². The van der Waals surface area contributed by atoms with Gasteiger partial charge in [-0.1, -0.05) is 18.2 Å². The lowest BCUT2D eigenvalue weighted by Crippen LogP contribution is -3.10. The Morgan fingerprint density at radius 1 is 1.03 bits per heavy atom. The normalized spacial score (nSPS) is 15.5. The van der Waals surface area contributed by atoms with Gasteiger partial charge in [0, 0.05) is 26.2 Å². The Hall–Kier alpha value is -2.64. The molecule has 3 aromatic rings. The van der Waals surface area contributed by atoms with E-state index < -0.39 is 0 Å². The van der Waals surface area contributed by atoms with Crippen LogP contribution in [0.25, 0.3) is 0 Å². The first-order valence-electron chi connectivity index (χ1n) is 9.84. The second-order valence-electron chi connectivity index (χ2n) is 7.26. The second-order valence-corrected chi connectivity index (χ2v) is 8.29. The fraction of sp³-hybridized carbons (Fsp3) is 0.318. The molecule has 1 unspecified atom stereocenters. The van der Waals surface area contributed by atoms with E-state index in [1.54, 1.807) is 29.7 Å². The Balaban J connectivity index is 1.35. The molecule has 1 atom stereocenters. The number of anilines is 1. The van der Waals surface area contributed by atoms with E-state index in [1.807, 2.05) is 34.1 Å². The zero-order valence-corrected chi connectivity index (χ0v) is 17.0. The lowest BCUT2D eigenvalue weighted by molar-refractivity contribution is -0.920. The molecule has 1 N–H and O–H groups in total. The van der Waals surface area contributed by atoms with Crippen molar-refractivity contribution in [3.8, 4) is 0 Å². The first-order valence-corrected chi connectivity index (χ1v) is 10.7. The molecule has 4 rings (SSSR count). The number of nitrogens with one attached hydrogen (secondary N) is 1. The van der Waals surface area contributed by atoms with Crippen LogP contribution < -0.4 is 9.80 Å². The quantitative estimate of drug-likeness (QED) is 0.646. The summed E-state index contributed by atoms with van der Waals surface area (Å²) in [6.45, 7) is 4.39. The number of amides is 1. The van der Waals surface area contributed by atoms with Crippen molar-refractivity contribution in [2.75, 3.05) is 37.6 Å². The number of quaternary nitrogens is 1. The van der Waals surface area contributed by atoms with Crippen molar-refractivity contribution in [2.24, 2.45) is 0 Å². The van der Waals surface area contributed by atoms with Gasteiger partial charge in [0.05, 0.1) is 16.8 Å². The molecular weight excluding hydrogens is 389 g/mol. The SMILES string of the molecule is O=C(C[NH+](Cc1ccco1)Cc1cccs1)N1CCN(c2ccccc2F)CC1. The molecule has 0 aliphatic carbocycles. The van der Waals surface area contributed by atoms with Crippen LogP contribution in [0, 0.1) is 5.82 Å². The number of benzene rings is 1. The summed E-state index contributed by atoms with van der Waals surface area (Å²) in [6.07, 6.45) is 1.67. The first kappa shape index (κ1) is 19.7. The van der Waals surface area contributed by atoms with Gasteiger partial charge in [-0.15, -0.1) is 11.3 Å². The van der Waals surface area contributed by atoms with Gasteiger partial charge in [-0.3, -0.25) is 4.79 Å². The highest BCUT2D eigenvalue weighted by atomic mass is 32.1. The van der Waals surface area contributed by atoms with Crippen LogP contribution in [0.2, 0.25) is 0 Å². The Bertz CT molecular complexity index is 870. The van der Waals surface area contributed by atoms with E-state index in [9.17, 15) is 9.18 Å².